The number of likely N-dealkylation sites (tertiary alicyclic amines) is 1. The number of hydrogen-bond acceptors (Lipinski definition) is 2. The molecule has 0 aromatic rings. The summed E-state index contributed by atoms with van der Waals surface area (Å²) in [5.74, 6) is 0. The van der Waals surface area contributed by atoms with Gasteiger partial charge in [0.1, 0.15) is 0 Å². The number of carbonyl (C=O) groups is 1. The lowest BCUT2D eigenvalue weighted by atomic mass is 9.82. The van der Waals surface area contributed by atoms with Crippen LogP contribution in [-0.4, -0.2) is 31.2 Å². The van der Waals surface area contributed by atoms with Crippen molar-refractivity contribution >= 4 is 6.09 Å². The first-order chi connectivity index (χ1) is 6.17. The number of amides is 1. The fourth-order valence-electron chi connectivity index (χ4n) is 2.05. The van der Waals surface area contributed by atoms with Crippen LogP contribution in [0.2, 0.25) is 0 Å². The molecule has 1 amide bonds. The summed E-state index contributed by atoms with van der Waals surface area (Å²) in [5, 5.41) is 0. The smallest absolute Gasteiger partial charge is 0.409 e. The van der Waals surface area contributed by atoms with Crippen LogP contribution < -0.4 is 0 Å². The topological polar surface area (TPSA) is 29.5 Å². The van der Waals surface area contributed by atoms with Gasteiger partial charge in [-0.3, -0.25) is 0 Å². The van der Waals surface area contributed by atoms with Gasteiger partial charge in [0.25, 0.3) is 0 Å². The second-order valence-electron chi connectivity index (χ2n) is 3.85. The van der Waals surface area contributed by atoms with Gasteiger partial charge in [-0.2, -0.15) is 0 Å². The van der Waals surface area contributed by atoms with Gasteiger partial charge in [0.2, 0.25) is 0 Å². The lowest BCUT2D eigenvalue weighted by molar-refractivity contribution is 0.126. The first kappa shape index (κ1) is 10.4. The van der Waals surface area contributed by atoms with Crippen molar-refractivity contribution in [1.29, 1.82) is 0 Å². The van der Waals surface area contributed by atoms with E-state index in [-0.39, 0.29) is 6.09 Å². The van der Waals surface area contributed by atoms with Gasteiger partial charge in [-0.15, -0.1) is 0 Å². The molecular weight excluding hydrogens is 166 g/mol. The first-order valence-electron chi connectivity index (χ1n) is 5.00. The molecule has 1 aliphatic heterocycles. The van der Waals surface area contributed by atoms with Gasteiger partial charge in [0.15, 0.2) is 0 Å². The first-order valence-corrected chi connectivity index (χ1v) is 5.00. The number of rotatable bonds is 2. The van der Waals surface area contributed by atoms with Crippen molar-refractivity contribution in [2.24, 2.45) is 5.41 Å². The molecule has 76 valence electrons. The van der Waals surface area contributed by atoms with Crippen LogP contribution in [-0.2, 0) is 4.74 Å². The van der Waals surface area contributed by atoms with Gasteiger partial charge in [-0.25, -0.2) is 4.79 Å². The third-order valence-electron chi connectivity index (χ3n) is 3.37. The summed E-state index contributed by atoms with van der Waals surface area (Å²) in [6, 6.07) is 0. The monoisotopic (exact) mass is 185 g/mol. The van der Waals surface area contributed by atoms with Gasteiger partial charge in [0, 0.05) is 13.1 Å². The van der Waals surface area contributed by atoms with Crippen LogP contribution in [0.15, 0.2) is 0 Å². The predicted octanol–water partition coefficient (Wildman–Crippen LogP) is 2.26. The number of methoxy groups -OCH3 is 1. The summed E-state index contributed by atoms with van der Waals surface area (Å²) in [5.41, 5.74) is 0.355. The number of carbonyl (C=O) groups excluding carboxylic acids is 1. The molecule has 0 aromatic heterocycles. The van der Waals surface area contributed by atoms with E-state index in [1.54, 1.807) is 0 Å². The summed E-state index contributed by atoms with van der Waals surface area (Å²) >= 11 is 0. The van der Waals surface area contributed by atoms with Crippen molar-refractivity contribution in [2.75, 3.05) is 20.2 Å². The van der Waals surface area contributed by atoms with Crippen LogP contribution >= 0.6 is 0 Å². The molecule has 0 unspecified atom stereocenters. The van der Waals surface area contributed by atoms with Crippen LogP contribution in [0.4, 0.5) is 4.79 Å². The summed E-state index contributed by atoms with van der Waals surface area (Å²) in [4.78, 5) is 13.0. The third kappa shape index (κ3) is 1.95. The summed E-state index contributed by atoms with van der Waals surface area (Å²) < 4.78 is 4.70. The molecule has 0 aliphatic carbocycles. The van der Waals surface area contributed by atoms with Crippen molar-refractivity contribution in [3.05, 3.63) is 0 Å². The van der Waals surface area contributed by atoms with Crippen molar-refractivity contribution in [2.45, 2.75) is 33.1 Å². The van der Waals surface area contributed by atoms with E-state index < -0.39 is 0 Å². The minimum Gasteiger partial charge on any atom is -0.453 e. The van der Waals surface area contributed by atoms with Crippen LogP contribution in [0, 0.1) is 5.41 Å². The van der Waals surface area contributed by atoms with Gasteiger partial charge < -0.3 is 9.64 Å². The summed E-state index contributed by atoms with van der Waals surface area (Å²) in [7, 11) is 1.44. The molecule has 0 radical (unpaired) electrons. The molecule has 3 heteroatoms. The molecule has 3 nitrogen and oxygen atoms in total. The Bertz CT molecular complexity index is 187. The quantitative estimate of drug-likeness (QED) is 0.660. The van der Waals surface area contributed by atoms with Crippen molar-refractivity contribution < 1.29 is 9.53 Å². The van der Waals surface area contributed by atoms with Crippen molar-refractivity contribution in [3.63, 3.8) is 0 Å². The second kappa shape index (κ2) is 3.99. The summed E-state index contributed by atoms with van der Waals surface area (Å²) in [6.45, 7) is 6.12. The Balaban J connectivity index is 2.56. The Morgan fingerprint density at radius 3 is 2.46 bits per heavy atom. The van der Waals surface area contributed by atoms with E-state index in [9.17, 15) is 4.79 Å². The zero-order valence-electron chi connectivity index (χ0n) is 8.80. The average Bonchev–Trinajstić information content (AvgIpc) is 2.61. The molecular formula is C10H19NO2. The molecule has 1 heterocycles. The lowest BCUT2D eigenvalue weighted by Gasteiger charge is -2.25. The SMILES string of the molecule is CCC1(CC)CCN(C(=O)OC)C1. The molecule has 1 saturated heterocycles. The zero-order chi connectivity index (χ0) is 9.90. The van der Waals surface area contributed by atoms with E-state index in [0.29, 0.717) is 5.41 Å². The van der Waals surface area contributed by atoms with Crippen LogP contribution in [0.3, 0.4) is 0 Å². The maximum atomic E-state index is 11.2. The molecule has 0 N–H and O–H groups in total. The van der Waals surface area contributed by atoms with Crippen LogP contribution in [0.1, 0.15) is 33.1 Å². The van der Waals surface area contributed by atoms with E-state index in [2.05, 4.69) is 13.8 Å². The largest absolute Gasteiger partial charge is 0.453 e. The van der Waals surface area contributed by atoms with Gasteiger partial charge in [-0.1, -0.05) is 13.8 Å². The standard InChI is InChI=1S/C10H19NO2/c1-4-10(5-2)6-7-11(8-10)9(12)13-3/h4-8H2,1-3H3. The predicted molar refractivity (Wildman–Crippen MR) is 51.6 cm³/mol. The maximum absolute atomic E-state index is 11.2. The molecule has 0 atom stereocenters. The lowest BCUT2D eigenvalue weighted by Crippen LogP contribution is -2.31. The normalized spacial score (nSPS) is 20.4. The van der Waals surface area contributed by atoms with E-state index >= 15 is 0 Å². The van der Waals surface area contributed by atoms with Crippen LogP contribution in [0.25, 0.3) is 0 Å². The van der Waals surface area contributed by atoms with E-state index in [1.165, 1.54) is 7.11 Å². The minimum atomic E-state index is -0.177. The average molecular weight is 185 g/mol. The Kier molecular flexibility index (Phi) is 3.17. The van der Waals surface area contributed by atoms with Gasteiger partial charge >= 0.3 is 6.09 Å². The van der Waals surface area contributed by atoms with Gasteiger partial charge in [0.05, 0.1) is 7.11 Å². The van der Waals surface area contributed by atoms with Crippen LogP contribution in [0.5, 0.6) is 0 Å². The fourth-order valence-corrected chi connectivity index (χ4v) is 2.05. The van der Waals surface area contributed by atoms with E-state index in [4.69, 9.17) is 4.74 Å². The molecule has 1 fully saturated rings. The molecule has 0 spiro atoms. The highest BCUT2D eigenvalue weighted by atomic mass is 16.5. The molecule has 0 saturated carbocycles. The molecule has 13 heavy (non-hydrogen) atoms. The summed E-state index contributed by atoms with van der Waals surface area (Å²) in [6.07, 6.45) is 3.24. The Hall–Kier alpha value is -0.730. The molecule has 0 aromatic carbocycles. The van der Waals surface area contributed by atoms with Crippen molar-refractivity contribution in [1.82, 2.24) is 4.90 Å². The van der Waals surface area contributed by atoms with Gasteiger partial charge in [-0.05, 0) is 24.7 Å². The zero-order valence-corrected chi connectivity index (χ0v) is 8.80. The number of ether oxygens (including phenoxy) is 1. The number of nitrogens with zero attached hydrogens (tertiary/aromatic N) is 1. The molecule has 1 rings (SSSR count). The fraction of sp³-hybridized carbons (Fsp3) is 0.900. The maximum Gasteiger partial charge on any atom is 0.409 e. The highest BCUT2D eigenvalue weighted by molar-refractivity contribution is 5.67. The molecule has 1 aliphatic rings. The van der Waals surface area contributed by atoms with Crippen molar-refractivity contribution in [3.8, 4) is 0 Å². The highest BCUT2D eigenvalue weighted by Crippen LogP contribution is 2.36. The van der Waals surface area contributed by atoms with E-state index in [0.717, 1.165) is 32.4 Å². The van der Waals surface area contributed by atoms with E-state index in [1.807, 2.05) is 4.90 Å². The Morgan fingerprint density at radius 1 is 1.46 bits per heavy atom. The Morgan fingerprint density at radius 2 is 2.08 bits per heavy atom. The number of hydrogen-bond donors (Lipinski definition) is 0. The Labute approximate surface area is 80.1 Å². The second-order valence-corrected chi connectivity index (χ2v) is 3.85. The minimum absolute atomic E-state index is 0.177. The third-order valence-corrected chi connectivity index (χ3v) is 3.37. The highest BCUT2D eigenvalue weighted by Gasteiger charge is 2.37. The molecule has 0 bridgehead atoms.